The zero-order valence-corrected chi connectivity index (χ0v) is 18.8. The fourth-order valence-corrected chi connectivity index (χ4v) is 4.40. The van der Waals surface area contributed by atoms with Crippen molar-refractivity contribution in [2.45, 2.75) is 52.6 Å². The third-order valence-corrected chi connectivity index (χ3v) is 6.54. The van der Waals surface area contributed by atoms with Crippen molar-refractivity contribution in [2.75, 3.05) is 45.8 Å². The number of nitrogens with zero attached hydrogens (tertiary/aromatic N) is 4. The van der Waals surface area contributed by atoms with Crippen LogP contribution in [0.2, 0.25) is 0 Å². The van der Waals surface area contributed by atoms with Gasteiger partial charge in [-0.15, -0.1) is 0 Å². The lowest BCUT2D eigenvalue weighted by molar-refractivity contribution is -0.132. The molecule has 2 unspecified atom stereocenters. The number of aromatic nitrogens is 1. The predicted octanol–water partition coefficient (Wildman–Crippen LogP) is 1.66. The maximum Gasteiger partial charge on any atom is 0.241 e. The number of carbonyl (C=O) groups is 2. The Morgan fingerprint density at radius 3 is 2.63 bits per heavy atom. The van der Waals surface area contributed by atoms with Gasteiger partial charge in [-0.2, -0.15) is 0 Å². The zero-order valence-electron chi connectivity index (χ0n) is 18.8. The molecule has 3 heterocycles. The number of hydrogen-bond acceptors (Lipinski definition) is 5. The fourth-order valence-electron chi connectivity index (χ4n) is 4.40. The molecule has 2 aliphatic rings. The second-order valence-corrected chi connectivity index (χ2v) is 8.83. The van der Waals surface area contributed by atoms with Gasteiger partial charge in [0, 0.05) is 57.2 Å². The molecule has 166 valence electrons. The number of nitrogens with one attached hydrogen (secondary N) is 1. The van der Waals surface area contributed by atoms with Crippen molar-refractivity contribution in [1.82, 2.24) is 25.0 Å². The van der Waals surface area contributed by atoms with Crippen molar-refractivity contribution in [3.63, 3.8) is 0 Å². The number of aryl methyl sites for hydroxylation is 1. The standard InChI is InChI=1S/C23H37N5O2/c1-4-18(2)21-16-26(15-20-8-7-19(3)24-13-20)11-12-28(21)17-22(29)25-14-23(30)27-9-5-6-10-27/h7-8,13,18,21H,4-6,9-12,14-17H2,1-3H3,(H,25,29). The Morgan fingerprint density at radius 1 is 1.20 bits per heavy atom. The lowest BCUT2D eigenvalue weighted by atomic mass is 9.95. The molecule has 0 spiro atoms. The Hall–Kier alpha value is -1.99. The second-order valence-electron chi connectivity index (χ2n) is 8.83. The van der Waals surface area contributed by atoms with Crippen LogP contribution < -0.4 is 5.32 Å². The maximum atomic E-state index is 12.5. The minimum absolute atomic E-state index is 0.0378. The summed E-state index contributed by atoms with van der Waals surface area (Å²) in [5, 5.41) is 2.85. The summed E-state index contributed by atoms with van der Waals surface area (Å²) in [6.07, 6.45) is 5.18. The van der Waals surface area contributed by atoms with E-state index in [4.69, 9.17) is 0 Å². The highest BCUT2D eigenvalue weighted by molar-refractivity contribution is 5.85. The molecule has 0 bridgehead atoms. The third kappa shape index (κ3) is 6.25. The summed E-state index contributed by atoms with van der Waals surface area (Å²) in [5.41, 5.74) is 2.27. The van der Waals surface area contributed by atoms with Gasteiger partial charge in [0.15, 0.2) is 0 Å². The minimum atomic E-state index is -0.0490. The van der Waals surface area contributed by atoms with Crippen molar-refractivity contribution in [2.24, 2.45) is 5.92 Å². The predicted molar refractivity (Wildman–Crippen MR) is 118 cm³/mol. The van der Waals surface area contributed by atoms with E-state index in [1.165, 1.54) is 5.56 Å². The molecule has 7 heteroatoms. The summed E-state index contributed by atoms with van der Waals surface area (Å²) in [4.78, 5) is 35.8. The van der Waals surface area contributed by atoms with Gasteiger partial charge >= 0.3 is 0 Å². The molecule has 2 aliphatic heterocycles. The molecule has 0 radical (unpaired) electrons. The monoisotopic (exact) mass is 415 g/mol. The molecular weight excluding hydrogens is 378 g/mol. The molecule has 2 atom stereocenters. The number of amides is 2. The topological polar surface area (TPSA) is 68.8 Å². The summed E-state index contributed by atoms with van der Waals surface area (Å²) < 4.78 is 0. The minimum Gasteiger partial charge on any atom is -0.346 e. The van der Waals surface area contributed by atoms with Crippen LogP contribution in [0.5, 0.6) is 0 Å². The largest absolute Gasteiger partial charge is 0.346 e. The maximum absolute atomic E-state index is 12.5. The van der Waals surface area contributed by atoms with E-state index in [0.29, 0.717) is 18.5 Å². The molecule has 1 aromatic rings. The van der Waals surface area contributed by atoms with Crippen molar-refractivity contribution in [1.29, 1.82) is 0 Å². The van der Waals surface area contributed by atoms with Gasteiger partial charge in [-0.1, -0.05) is 26.3 Å². The van der Waals surface area contributed by atoms with Crippen LogP contribution in [0.25, 0.3) is 0 Å². The smallest absolute Gasteiger partial charge is 0.241 e. The summed E-state index contributed by atoms with van der Waals surface area (Å²) in [7, 11) is 0. The third-order valence-electron chi connectivity index (χ3n) is 6.54. The van der Waals surface area contributed by atoms with Crippen molar-refractivity contribution >= 4 is 11.8 Å². The van der Waals surface area contributed by atoms with Crippen LogP contribution >= 0.6 is 0 Å². The van der Waals surface area contributed by atoms with Gasteiger partial charge < -0.3 is 10.2 Å². The van der Waals surface area contributed by atoms with Crippen molar-refractivity contribution in [3.05, 3.63) is 29.6 Å². The Morgan fingerprint density at radius 2 is 1.97 bits per heavy atom. The van der Waals surface area contributed by atoms with Crippen LogP contribution in [0.1, 0.15) is 44.4 Å². The first-order chi connectivity index (χ1) is 14.5. The van der Waals surface area contributed by atoms with Crippen molar-refractivity contribution < 1.29 is 9.59 Å². The van der Waals surface area contributed by atoms with E-state index >= 15 is 0 Å². The first-order valence-corrected chi connectivity index (χ1v) is 11.4. The molecular formula is C23H37N5O2. The molecule has 0 saturated carbocycles. The molecule has 30 heavy (non-hydrogen) atoms. The average Bonchev–Trinajstić information content (AvgIpc) is 3.29. The number of carbonyl (C=O) groups excluding carboxylic acids is 2. The Labute approximate surface area is 180 Å². The quantitative estimate of drug-likeness (QED) is 0.699. The van der Waals surface area contributed by atoms with E-state index in [-0.39, 0.29) is 18.4 Å². The first kappa shape index (κ1) is 22.7. The van der Waals surface area contributed by atoms with Gasteiger partial charge in [0.25, 0.3) is 0 Å². The Kier molecular flexibility index (Phi) is 8.22. The van der Waals surface area contributed by atoms with Crippen LogP contribution in [-0.2, 0) is 16.1 Å². The van der Waals surface area contributed by atoms with E-state index in [9.17, 15) is 9.59 Å². The number of likely N-dealkylation sites (tertiary alicyclic amines) is 1. The molecule has 2 saturated heterocycles. The van der Waals surface area contributed by atoms with E-state index in [0.717, 1.165) is 64.2 Å². The summed E-state index contributed by atoms with van der Waals surface area (Å²) in [6, 6.07) is 4.55. The van der Waals surface area contributed by atoms with Gasteiger partial charge in [-0.25, -0.2) is 0 Å². The van der Waals surface area contributed by atoms with Crippen LogP contribution in [-0.4, -0.2) is 83.4 Å². The molecule has 0 aliphatic carbocycles. The Balaban J connectivity index is 1.51. The Bertz CT molecular complexity index is 702. The van der Waals surface area contributed by atoms with Crippen molar-refractivity contribution in [3.8, 4) is 0 Å². The highest BCUT2D eigenvalue weighted by Crippen LogP contribution is 2.21. The lowest BCUT2D eigenvalue weighted by Gasteiger charge is -2.43. The van der Waals surface area contributed by atoms with Gasteiger partial charge in [-0.05, 0) is 37.3 Å². The van der Waals surface area contributed by atoms with Gasteiger partial charge in [0.1, 0.15) is 0 Å². The SMILES string of the molecule is CCC(C)C1CN(Cc2ccc(C)nc2)CCN1CC(=O)NCC(=O)N1CCCC1. The highest BCUT2D eigenvalue weighted by atomic mass is 16.2. The van der Waals surface area contributed by atoms with Gasteiger partial charge in [0.2, 0.25) is 11.8 Å². The number of pyridine rings is 1. The molecule has 2 fully saturated rings. The zero-order chi connectivity index (χ0) is 21.5. The van der Waals surface area contributed by atoms with E-state index < -0.39 is 0 Å². The molecule has 2 amide bonds. The number of hydrogen-bond donors (Lipinski definition) is 1. The van der Waals surface area contributed by atoms with Gasteiger partial charge in [-0.3, -0.25) is 24.4 Å². The molecule has 0 aromatic carbocycles. The second kappa shape index (κ2) is 10.9. The van der Waals surface area contributed by atoms with Crippen LogP contribution in [0.15, 0.2) is 18.3 Å². The van der Waals surface area contributed by atoms with E-state index in [1.54, 1.807) is 0 Å². The number of rotatable bonds is 8. The van der Waals surface area contributed by atoms with E-state index in [2.05, 4.69) is 46.1 Å². The van der Waals surface area contributed by atoms with E-state index in [1.807, 2.05) is 18.0 Å². The molecule has 1 aromatic heterocycles. The summed E-state index contributed by atoms with van der Waals surface area (Å²) in [5.74, 6) is 0.492. The molecule has 7 nitrogen and oxygen atoms in total. The van der Waals surface area contributed by atoms with Crippen LogP contribution in [0.4, 0.5) is 0 Å². The number of piperazine rings is 1. The summed E-state index contributed by atoms with van der Waals surface area (Å²) >= 11 is 0. The van der Waals surface area contributed by atoms with Gasteiger partial charge in [0.05, 0.1) is 13.1 Å². The van der Waals surface area contributed by atoms with Crippen LogP contribution in [0, 0.1) is 12.8 Å². The molecule has 3 rings (SSSR count). The fraction of sp³-hybridized carbons (Fsp3) is 0.696. The lowest BCUT2D eigenvalue weighted by Crippen LogP contribution is -2.57. The average molecular weight is 416 g/mol. The summed E-state index contributed by atoms with van der Waals surface area (Å²) in [6.45, 7) is 12.2. The normalized spacial score (nSPS) is 21.6. The first-order valence-electron chi connectivity index (χ1n) is 11.4. The highest BCUT2D eigenvalue weighted by Gasteiger charge is 2.31. The molecule has 1 N–H and O–H groups in total. The van der Waals surface area contributed by atoms with Crippen LogP contribution in [0.3, 0.4) is 0 Å².